The molecule has 0 aliphatic rings. The molecule has 0 aromatic heterocycles. The summed E-state index contributed by atoms with van der Waals surface area (Å²) in [5.41, 5.74) is 0.481. The Morgan fingerprint density at radius 1 is 1.38 bits per heavy atom. The summed E-state index contributed by atoms with van der Waals surface area (Å²) in [5, 5.41) is 2.52. The molecule has 1 amide bonds. The number of benzene rings is 1. The standard InChI is InChI=1S/C16H19NO4/c1-16(2,3)21-15(19)17-9-5-6-12-7-8-14(20-4)10-13(12)11-18/h7-8,10-11H,9H2,1-4H3,(H,17,19). The Labute approximate surface area is 124 Å². The Kier molecular flexibility index (Phi) is 5.79. The SMILES string of the molecule is COc1ccc(C#CCNC(=O)OC(C)(C)C)c(C=O)c1. The molecule has 112 valence electrons. The van der Waals surface area contributed by atoms with Crippen molar-refractivity contribution in [3.63, 3.8) is 0 Å². The number of rotatable bonds is 3. The van der Waals surface area contributed by atoms with Gasteiger partial charge in [-0.2, -0.15) is 0 Å². The molecule has 0 saturated carbocycles. The molecule has 0 spiro atoms. The molecule has 1 aromatic carbocycles. The number of methoxy groups -OCH3 is 1. The van der Waals surface area contributed by atoms with Gasteiger partial charge in [0.05, 0.1) is 13.7 Å². The van der Waals surface area contributed by atoms with Crippen molar-refractivity contribution in [1.29, 1.82) is 0 Å². The van der Waals surface area contributed by atoms with Crippen LogP contribution in [0.15, 0.2) is 18.2 Å². The second kappa shape index (κ2) is 7.34. The quantitative estimate of drug-likeness (QED) is 0.685. The lowest BCUT2D eigenvalue weighted by atomic mass is 10.1. The average molecular weight is 289 g/mol. The number of amides is 1. The normalized spacial score (nSPS) is 10.1. The lowest BCUT2D eigenvalue weighted by Gasteiger charge is -2.19. The highest BCUT2D eigenvalue weighted by Crippen LogP contribution is 2.15. The van der Waals surface area contributed by atoms with Gasteiger partial charge < -0.3 is 14.8 Å². The summed E-state index contributed by atoms with van der Waals surface area (Å²) < 4.78 is 10.1. The van der Waals surface area contributed by atoms with Crippen molar-refractivity contribution >= 4 is 12.4 Å². The van der Waals surface area contributed by atoms with E-state index in [1.54, 1.807) is 39.0 Å². The van der Waals surface area contributed by atoms with Crippen LogP contribution in [-0.4, -0.2) is 31.6 Å². The third-order valence-corrected chi connectivity index (χ3v) is 2.33. The topological polar surface area (TPSA) is 64.6 Å². The second-order valence-corrected chi connectivity index (χ2v) is 5.23. The summed E-state index contributed by atoms with van der Waals surface area (Å²) in [4.78, 5) is 22.4. The molecule has 0 unspecified atom stereocenters. The zero-order chi connectivity index (χ0) is 15.9. The third kappa shape index (κ3) is 6.00. The Bertz CT molecular complexity index is 576. The van der Waals surface area contributed by atoms with Crippen LogP contribution in [0.4, 0.5) is 4.79 Å². The lowest BCUT2D eigenvalue weighted by Crippen LogP contribution is -2.32. The zero-order valence-corrected chi connectivity index (χ0v) is 12.6. The summed E-state index contributed by atoms with van der Waals surface area (Å²) in [6.07, 6.45) is 0.190. The highest BCUT2D eigenvalue weighted by atomic mass is 16.6. The highest BCUT2D eigenvalue weighted by Gasteiger charge is 2.15. The van der Waals surface area contributed by atoms with Gasteiger partial charge in [-0.05, 0) is 39.0 Å². The first-order valence-corrected chi connectivity index (χ1v) is 6.44. The first-order valence-electron chi connectivity index (χ1n) is 6.44. The van der Waals surface area contributed by atoms with E-state index >= 15 is 0 Å². The van der Waals surface area contributed by atoms with E-state index in [0.29, 0.717) is 23.2 Å². The van der Waals surface area contributed by atoms with Crippen LogP contribution in [-0.2, 0) is 4.74 Å². The maximum atomic E-state index is 11.4. The predicted octanol–water partition coefficient (Wildman–Crippen LogP) is 2.38. The van der Waals surface area contributed by atoms with Gasteiger partial charge in [-0.3, -0.25) is 4.79 Å². The molecule has 1 rings (SSSR count). The van der Waals surface area contributed by atoms with Crippen LogP contribution in [0.25, 0.3) is 0 Å². The average Bonchev–Trinajstić information content (AvgIpc) is 2.41. The van der Waals surface area contributed by atoms with Crippen molar-refractivity contribution in [2.75, 3.05) is 13.7 Å². The summed E-state index contributed by atoms with van der Waals surface area (Å²) in [7, 11) is 1.53. The van der Waals surface area contributed by atoms with Gasteiger partial charge in [0.1, 0.15) is 11.4 Å². The van der Waals surface area contributed by atoms with Crippen LogP contribution in [0, 0.1) is 11.8 Å². The van der Waals surface area contributed by atoms with Crippen molar-refractivity contribution in [2.24, 2.45) is 0 Å². The number of carbonyl (C=O) groups is 2. The molecule has 0 saturated heterocycles. The van der Waals surface area contributed by atoms with E-state index in [1.165, 1.54) is 7.11 Å². The molecule has 0 heterocycles. The fraction of sp³-hybridized carbons (Fsp3) is 0.375. The van der Waals surface area contributed by atoms with Crippen LogP contribution >= 0.6 is 0 Å². The van der Waals surface area contributed by atoms with Crippen LogP contribution in [0.1, 0.15) is 36.7 Å². The monoisotopic (exact) mass is 289 g/mol. The fourth-order valence-electron chi connectivity index (χ4n) is 1.45. The third-order valence-electron chi connectivity index (χ3n) is 2.33. The predicted molar refractivity (Wildman–Crippen MR) is 79.5 cm³/mol. The lowest BCUT2D eigenvalue weighted by molar-refractivity contribution is 0.0535. The van der Waals surface area contributed by atoms with E-state index in [9.17, 15) is 9.59 Å². The fourth-order valence-corrected chi connectivity index (χ4v) is 1.45. The van der Waals surface area contributed by atoms with Crippen LogP contribution in [0.3, 0.4) is 0 Å². The minimum absolute atomic E-state index is 0.138. The zero-order valence-electron chi connectivity index (χ0n) is 12.6. The van der Waals surface area contributed by atoms with Gasteiger partial charge in [-0.1, -0.05) is 11.8 Å². The molecule has 5 nitrogen and oxygen atoms in total. The van der Waals surface area contributed by atoms with Crippen molar-refractivity contribution in [3.05, 3.63) is 29.3 Å². The van der Waals surface area contributed by atoms with Crippen LogP contribution in [0.2, 0.25) is 0 Å². The molecule has 21 heavy (non-hydrogen) atoms. The molecule has 0 atom stereocenters. The highest BCUT2D eigenvalue weighted by molar-refractivity contribution is 5.80. The van der Waals surface area contributed by atoms with Gasteiger partial charge in [0.2, 0.25) is 0 Å². The van der Waals surface area contributed by atoms with Gasteiger partial charge in [0, 0.05) is 11.1 Å². The Hall–Kier alpha value is -2.48. The number of nitrogens with one attached hydrogen (secondary N) is 1. The maximum absolute atomic E-state index is 11.4. The van der Waals surface area contributed by atoms with Crippen molar-refractivity contribution in [3.8, 4) is 17.6 Å². The summed E-state index contributed by atoms with van der Waals surface area (Å²) in [6.45, 7) is 5.49. The number of hydrogen-bond acceptors (Lipinski definition) is 4. The van der Waals surface area contributed by atoms with Gasteiger partial charge in [-0.25, -0.2) is 4.79 Å². The van der Waals surface area contributed by atoms with Gasteiger partial charge in [0.15, 0.2) is 6.29 Å². The number of carbonyl (C=O) groups excluding carboxylic acids is 2. The molecular formula is C16H19NO4. The van der Waals surface area contributed by atoms with E-state index in [-0.39, 0.29) is 6.54 Å². The van der Waals surface area contributed by atoms with Crippen molar-refractivity contribution < 1.29 is 19.1 Å². The molecule has 1 N–H and O–H groups in total. The smallest absolute Gasteiger partial charge is 0.408 e. The Morgan fingerprint density at radius 3 is 2.67 bits per heavy atom. The largest absolute Gasteiger partial charge is 0.497 e. The molecule has 0 aliphatic carbocycles. The summed E-state index contributed by atoms with van der Waals surface area (Å²) in [5.74, 6) is 6.19. The van der Waals surface area contributed by atoms with Crippen LogP contribution in [0.5, 0.6) is 5.75 Å². The van der Waals surface area contributed by atoms with E-state index in [1.807, 2.05) is 0 Å². The minimum Gasteiger partial charge on any atom is -0.497 e. The molecule has 5 heteroatoms. The second-order valence-electron chi connectivity index (χ2n) is 5.23. The number of ether oxygens (including phenoxy) is 2. The molecule has 0 bridgehead atoms. The minimum atomic E-state index is -0.543. The first-order chi connectivity index (χ1) is 9.85. The first kappa shape index (κ1) is 16.6. The van der Waals surface area contributed by atoms with Crippen molar-refractivity contribution in [2.45, 2.75) is 26.4 Å². The van der Waals surface area contributed by atoms with Crippen LogP contribution < -0.4 is 10.1 Å². The van der Waals surface area contributed by atoms with E-state index in [4.69, 9.17) is 9.47 Å². The Balaban J connectivity index is 2.63. The molecule has 1 aromatic rings. The van der Waals surface area contributed by atoms with Gasteiger partial charge in [-0.15, -0.1) is 0 Å². The number of alkyl carbamates (subject to hydrolysis) is 1. The number of aldehydes is 1. The van der Waals surface area contributed by atoms with E-state index in [0.717, 1.165) is 0 Å². The molecule has 0 aliphatic heterocycles. The maximum Gasteiger partial charge on any atom is 0.408 e. The van der Waals surface area contributed by atoms with E-state index in [2.05, 4.69) is 17.2 Å². The molecule has 0 fully saturated rings. The number of hydrogen-bond donors (Lipinski definition) is 1. The summed E-state index contributed by atoms with van der Waals surface area (Å²) >= 11 is 0. The molecular weight excluding hydrogens is 270 g/mol. The van der Waals surface area contributed by atoms with Gasteiger partial charge in [0.25, 0.3) is 0 Å². The molecule has 0 radical (unpaired) electrons. The Morgan fingerprint density at radius 2 is 2.10 bits per heavy atom. The van der Waals surface area contributed by atoms with E-state index < -0.39 is 11.7 Å². The van der Waals surface area contributed by atoms with Gasteiger partial charge >= 0.3 is 6.09 Å². The summed E-state index contributed by atoms with van der Waals surface area (Å²) in [6, 6.07) is 5.03. The van der Waals surface area contributed by atoms with Crippen molar-refractivity contribution in [1.82, 2.24) is 5.32 Å².